The van der Waals surface area contributed by atoms with Gasteiger partial charge in [-0.2, -0.15) is 0 Å². The zero-order valence-electron chi connectivity index (χ0n) is 17.2. The van der Waals surface area contributed by atoms with Gasteiger partial charge in [0, 0.05) is 18.0 Å². The molecule has 6 nitrogen and oxygen atoms in total. The second kappa shape index (κ2) is 8.42. The number of hydrogen-bond donors (Lipinski definition) is 1. The molecule has 1 aliphatic carbocycles. The van der Waals surface area contributed by atoms with E-state index in [4.69, 9.17) is 9.72 Å². The topological polar surface area (TPSA) is 81.0 Å². The molecule has 30 heavy (non-hydrogen) atoms. The minimum Gasteiger partial charge on any atom is -0.506 e. The Hall–Kier alpha value is -2.96. The Labute approximate surface area is 174 Å². The van der Waals surface area contributed by atoms with E-state index in [2.05, 4.69) is 9.99 Å². The van der Waals surface area contributed by atoms with E-state index in [1.165, 1.54) is 0 Å². The molecule has 0 amide bonds. The highest BCUT2D eigenvalue weighted by Crippen LogP contribution is 2.37. The molecule has 0 unspecified atom stereocenters. The lowest BCUT2D eigenvalue weighted by molar-refractivity contribution is -0.140. The molecule has 4 rings (SSSR count). The third-order valence-corrected chi connectivity index (χ3v) is 5.90. The van der Waals surface area contributed by atoms with Crippen molar-refractivity contribution in [3.8, 4) is 11.5 Å². The number of pyridine rings is 1. The van der Waals surface area contributed by atoms with Crippen molar-refractivity contribution in [2.24, 2.45) is 5.16 Å². The highest BCUT2D eigenvalue weighted by atomic mass is 19.1. The third-order valence-electron chi connectivity index (χ3n) is 5.90. The van der Waals surface area contributed by atoms with Gasteiger partial charge in [0.05, 0.1) is 12.1 Å². The molecule has 1 fully saturated rings. The zero-order chi connectivity index (χ0) is 21.3. The van der Waals surface area contributed by atoms with Crippen molar-refractivity contribution < 1.29 is 23.9 Å². The summed E-state index contributed by atoms with van der Waals surface area (Å²) < 4.78 is 20.5. The van der Waals surface area contributed by atoms with Crippen LogP contribution in [-0.4, -0.2) is 28.4 Å². The maximum absolute atomic E-state index is 15.0. The lowest BCUT2D eigenvalue weighted by Gasteiger charge is -2.16. The quantitative estimate of drug-likeness (QED) is 0.708. The van der Waals surface area contributed by atoms with Crippen LogP contribution >= 0.6 is 0 Å². The lowest BCUT2D eigenvalue weighted by Crippen LogP contribution is -2.12. The van der Waals surface area contributed by atoms with Crippen molar-refractivity contribution in [2.75, 3.05) is 6.61 Å². The van der Waals surface area contributed by atoms with Gasteiger partial charge in [-0.3, -0.25) is 4.98 Å². The van der Waals surface area contributed by atoms with E-state index in [9.17, 15) is 14.3 Å². The van der Waals surface area contributed by atoms with Crippen LogP contribution in [0.3, 0.4) is 0 Å². The van der Waals surface area contributed by atoms with Crippen molar-refractivity contribution in [1.29, 1.82) is 0 Å². The van der Waals surface area contributed by atoms with E-state index in [1.54, 1.807) is 25.1 Å². The maximum atomic E-state index is 15.0. The second-order valence-electron chi connectivity index (χ2n) is 8.06. The van der Waals surface area contributed by atoms with Crippen LogP contribution in [0, 0.1) is 19.7 Å². The summed E-state index contributed by atoms with van der Waals surface area (Å²) in [6.45, 7) is 3.64. The molecular weight excluding hydrogens is 387 g/mol. The van der Waals surface area contributed by atoms with Crippen LogP contribution in [0.5, 0.6) is 11.5 Å². The van der Waals surface area contributed by atoms with Crippen LogP contribution in [0.15, 0.2) is 23.4 Å². The minimum atomic E-state index is -0.435. The van der Waals surface area contributed by atoms with Crippen LogP contribution in [0.1, 0.15) is 66.1 Å². The number of benzene rings is 1. The van der Waals surface area contributed by atoms with E-state index in [-0.39, 0.29) is 24.5 Å². The fraction of sp³-hybridized carbons (Fsp3) is 0.435. The van der Waals surface area contributed by atoms with Crippen LogP contribution in [0.2, 0.25) is 0 Å². The number of rotatable bonds is 6. The molecular formula is C23H25FN2O4. The molecule has 2 heterocycles. The Bertz CT molecular complexity index is 1010. The van der Waals surface area contributed by atoms with Crippen LogP contribution in [0.25, 0.3) is 0 Å². The summed E-state index contributed by atoms with van der Waals surface area (Å²) in [6.07, 6.45) is 4.95. The second-order valence-corrected chi connectivity index (χ2v) is 8.06. The van der Waals surface area contributed by atoms with E-state index < -0.39 is 11.8 Å². The van der Waals surface area contributed by atoms with Crippen LogP contribution in [0.4, 0.5) is 4.39 Å². The van der Waals surface area contributed by atoms with Gasteiger partial charge in [-0.05, 0) is 61.6 Å². The fourth-order valence-corrected chi connectivity index (χ4v) is 4.21. The van der Waals surface area contributed by atoms with Gasteiger partial charge in [0.2, 0.25) is 0 Å². The Morgan fingerprint density at radius 2 is 2.03 bits per heavy atom. The van der Waals surface area contributed by atoms with E-state index in [1.807, 2.05) is 6.92 Å². The molecule has 1 aromatic carbocycles. The first-order chi connectivity index (χ1) is 14.4. The Kier molecular flexibility index (Phi) is 5.70. The van der Waals surface area contributed by atoms with Gasteiger partial charge in [0.1, 0.15) is 18.1 Å². The highest BCUT2D eigenvalue weighted by molar-refractivity contribution is 6.02. The largest absolute Gasteiger partial charge is 0.506 e. The summed E-state index contributed by atoms with van der Waals surface area (Å²) in [4.78, 5) is 20.3. The standard InChI is InChI=1S/C23H25FN2O4/c1-13-9-20(29-12-17-11-21(28)30-26-17)22(24)14(2)18(13)10-16-7-8-19(27)23(25-16)15-5-3-4-6-15/h7-9,15,27H,3-6,10-12H2,1-2H3. The molecule has 158 valence electrons. The Morgan fingerprint density at radius 3 is 2.73 bits per heavy atom. The number of carbonyl (C=O) groups excluding carboxylic acids is 1. The highest BCUT2D eigenvalue weighted by Gasteiger charge is 2.23. The van der Waals surface area contributed by atoms with Gasteiger partial charge < -0.3 is 14.7 Å². The molecule has 2 aliphatic rings. The number of ether oxygens (including phenoxy) is 1. The van der Waals surface area contributed by atoms with Crippen molar-refractivity contribution in [3.63, 3.8) is 0 Å². The van der Waals surface area contributed by atoms with Gasteiger partial charge in [0.15, 0.2) is 11.6 Å². The van der Waals surface area contributed by atoms with E-state index in [0.717, 1.165) is 48.2 Å². The number of aryl methyl sites for hydroxylation is 1. The minimum absolute atomic E-state index is 0.00511. The predicted octanol–water partition coefficient (Wildman–Crippen LogP) is 4.47. The van der Waals surface area contributed by atoms with Crippen LogP contribution < -0.4 is 4.74 Å². The van der Waals surface area contributed by atoms with Gasteiger partial charge in [0.25, 0.3) is 0 Å². The van der Waals surface area contributed by atoms with E-state index >= 15 is 0 Å². The Morgan fingerprint density at radius 1 is 1.27 bits per heavy atom. The number of aromatic nitrogens is 1. The number of carbonyl (C=O) groups is 1. The fourth-order valence-electron chi connectivity index (χ4n) is 4.21. The molecule has 2 aromatic rings. The summed E-state index contributed by atoms with van der Waals surface area (Å²) in [5, 5.41) is 13.9. The summed E-state index contributed by atoms with van der Waals surface area (Å²) >= 11 is 0. The molecule has 1 aromatic heterocycles. The number of aromatic hydroxyl groups is 1. The number of oxime groups is 1. The first kappa shape index (κ1) is 20.3. The third kappa shape index (κ3) is 4.15. The zero-order valence-corrected chi connectivity index (χ0v) is 17.2. The smallest absolute Gasteiger partial charge is 0.340 e. The molecule has 7 heteroatoms. The van der Waals surface area contributed by atoms with Crippen molar-refractivity contribution in [2.45, 2.75) is 58.3 Å². The molecule has 0 spiro atoms. The van der Waals surface area contributed by atoms with Gasteiger partial charge in [-0.15, -0.1) is 0 Å². The monoisotopic (exact) mass is 412 g/mol. The van der Waals surface area contributed by atoms with Gasteiger partial charge in [-0.25, -0.2) is 9.18 Å². The summed E-state index contributed by atoms with van der Waals surface area (Å²) in [5.41, 5.74) is 4.25. The van der Waals surface area contributed by atoms with Crippen molar-refractivity contribution in [1.82, 2.24) is 4.98 Å². The van der Waals surface area contributed by atoms with Gasteiger partial charge in [-0.1, -0.05) is 18.0 Å². The van der Waals surface area contributed by atoms with E-state index in [0.29, 0.717) is 23.6 Å². The number of hydrogen-bond acceptors (Lipinski definition) is 6. The van der Waals surface area contributed by atoms with Crippen LogP contribution in [-0.2, 0) is 16.1 Å². The first-order valence-electron chi connectivity index (χ1n) is 10.3. The van der Waals surface area contributed by atoms with Gasteiger partial charge >= 0.3 is 5.97 Å². The average molecular weight is 412 g/mol. The summed E-state index contributed by atoms with van der Waals surface area (Å²) in [5.74, 6) is -0.201. The molecule has 0 saturated heterocycles. The number of halogens is 1. The Balaban J connectivity index is 1.54. The average Bonchev–Trinajstić information content (AvgIpc) is 3.40. The van der Waals surface area contributed by atoms with Crippen molar-refractivity contribution >= 4 is 11.7 Å². The molecule has 1 N–H and O–H groups in total. The molecule has 1 aliphatic heterocycles. The summed E-state index contributed by atoms with van der Waals surface area (Å²) in [6, 6.07) is 5.15. The predicted molar refractivity (Wildman–Crippen MR) is 109 cm³/mol. The number of nitrogens with zero attached hydrogens (tertiary/aromatic N) is 2. The first-order valence-corrected chi connectivity index (χ1v) is 10.3. The molecule has 1 saturated carbocycles. The SMILES string of the molecule is Cc1cc(OCC2=NOC(=O)C2)c(F)c(C)c1Cc1ccc(O)c(C2CCCC2)n1. The molecule has 0 bridgehead atoms. The van der Waals surface area contributed by atoms with Crippen molar-refractivity contribution in [3.05, 3.63) is 52.1 Å². The molecule has 0 radical (unpaired) electrons. The molecule has 0 atom stereocenters. The maximum Gasteiger partial charge on any atom is 0.340 e. The summed E-state index contributed by atoms with van der Waals surface area (Å²) in [7, 11) is 0. The lowest BCUT2D eigenvalue weighted by atomic mass is 9.96. The normalized spacial score (nSPS) is 16.6.